The Kier molecular flexibility index (Phi) is 3.52. The number of rotatable bonds is 4. The zero-order valence-corrected chi connectivity index (χ0v) is 14.5. The first kappa shape index (κ1) is 15.2. The molecule has 0 unspecified atom stereocenters. The minimum atomic E-state index is 0.0639. The van der Waals surface area contributed by atoms with E-state index in [1.807, 2.05) is 18.3 Å². The first-order chi connectivity index (χ1) is 12.8. The highest BCUT2D eigenvalue weighted by Gasteiger charge is 2.16. The lowest BCUT2D eigenvalue weighted by Gasteiger charge is -2.10. The van der Waals surface area contributed by atoms with Gasteiger partial charge < -0.3 is 10.3 Å². The molecule has 0 aliphatic heterocycles. The van der Waals surface area contributed by atoms with Gasteiger partial charge in [-0.05, 0) is 53.5 Å². The number of aromatic amines is 1. The molecule has 0 saturated carbocycles. The molecule has 3 heteroatoms. The van der Waals surface area contributed by atoms with E-state index >= 15 is 0 Å². The molecule has 0 fully saturated rings. The highest BCUT2D eigenvalue weighted by molar-refractivity contribution is 6.05. The second-order valence-electron chi connectivity index (χ2n) is 7.02. The fourth-order valence-electron chi connectivity index (χ4n) is 4.16. The number of nitrogens with one attached hydrogen (secondary N) is 2. The summed E-state index contributed by atoms with van der Waals surface area (Å²) in [6, 6.07) is 18.8. The minimum absolute atomic E-state index is 0.0639. The van der Waals surface area contributed by atoms with Gasteiger partial charge in [-0.2, -0.15) is 0 Å². The van der Waals surface area contributed by atoms with Crippen LogP contribution in [0.4, 0.5) is 5.69 Å². The summed E-state index contributed by atoms with van der Waals surface area (Å²) in [5.41, 5.74) is 6.03. The van der Waals surface area contributed by atoms with Crippen LogP contribution in [0, 0.1) is 0 Å². The van der Waals surface area contributed by atoms with Crippen molar-refractivity contribution in [3.05, 3.63) is 77.5 Å². The third-order valence-electron chi connectivity index (χ3n) is 5.45. The molecule has 0 atom stereocenters. The normalized spacial score (nSPS) is 12.8. The Morgan fingerprint density at radius 1 is 0.923 bits per heavy atom. The van der Waals surface area contributed by atoms with Crippen molar-refractivity contribution in [3.63, 3.8) is 0 Å². The molecule has 3 nitrogen and oxygen atoms in total. The number of amides is 1. The van der Waals surface area contributed by atoms with Gasteiger partial charge in [0, 0.05) is 34.6 Å². The van der Waals surface area contributed by atoms with Crippen LogP contribution in [-0.4, -0.2) is 10.9 Å². The Balaban J connectivity index is 1.36. The first-order valence-corrected chi connectivity index (χ1v) is 9.18. The van der Waals surface area contributed by atoms with Crippen molar-refractivity contribution in [2.24, 2.45) is 0 Å². The Labute approximate surface area is 152 Å². The van der Waals surface area contributed by atoms with Crippen LogP contribution in [0.2, 0.25) is 0 Å². The molecule has 128 valence electrons. The predicted octanol–water partition coefficient (Wildman–Crippen LogP) is 4.99. The van der Waals surface area contributed by atoms with E-state index < -0.39 is 0 Å². The zero-order chi connectivity index (χ0) is 17.5. The maximum Gasteiger partial charge on any atom is 0.224 e. The van der Waals surface area contributed by atoms with Gasteiger partial charge in [0.25, 0.3) is 0 Å². The van der Waals surface area contributed by atoms with Gasteiger partial charge in [0.2, 0.25) is 5.91 Å². The predicted molar refractivity (Wildman–Crippen MR) is 107 cm³/mol. The second kappa shape index (κ2) is 6.03. The SMILES string of the molecule is O=C(CCc1c[nH]c2ccccc12)Nc1ccc2c3c(cccc13)CC2. The summed E-state index contributed by atoms with van der Waals surface area (Å²) in [5, 5.41) is 6.83. The fraction of sp³-hybridized carbons (Fsp3) is 0.174. The molecule has 1 aliphatic carbocycles. The maximum absolute atomic E-state index is 12.6. The van der Waals surface area contributed by atoms with Gasteiger partial charge in [-0.15, -0.1) is 0 Å². The van der Waals surface area contributed by atoms with Crippen molar-refractivity contribution in [3.8, 4) is 0 Å². The molecule has 0 spiro atoms. The van der Waals surface area contributed by atoms with Crippen LogP contribution in [0.25, 0.3) is 21.7 Å². The summed E-state index contributed by atoms with van der Waals surface area (Å²) in [6.45, 7) is 0. The van der Waals surface area contributed by atoms with E-state index in [-0.39, 0.29) is 5.91 Å². The molecule has 5 rings (SSSR count). The van der Waals surface area contributed by atoms with Crippen LogP contribution in [0.1, 0.15) is 23.1 Å². The lowest BCUT2D eigenvalue weighted by molar-refractivity contribution is -0.116. The lowest BCUT2D eigenvalue weighted by atomic mass is 10.0. The summed E-state index contributed by atoms with van der Waals surface area (Å²) >= 11 is 0. The van der Waals surface area contributed by atoms with E-state index in [1.165, 1.54) is 27.5 Å². The van der Waals surface area contributed by atoms with E-state index in [4.69, 9.17) is 0 Å². The average molecular weight is 340 g/mol. The molecule has 2 N–H and O–H groups in total. The number of aromatic nitrogens is 1. The molecular formula is C23H20N2O. The Bertz CT molecular complexity index is 1130. The number of para-hydroxylation sites is 1. The smallest absolute Gasteiger partial charge is 0.224 e. The molecule has 0 bridgehead atoms. The number of fused-ring (bicyclic) bond motifs is 1. The standard InChI is InChI=1S/C23H20N2O/c26-22(13-11-17-14-24-20-7-2-1-5-18(17)20)25-21-12-10-16-9-8-15-4-3-6-19(21)23(15)16/h1-7,10,12,14,24H,8-9,11,13H2,(H,25,26). The fourth-order valence-corrected chi connectivity index (χ4v) is 4.16. The molecule has 1 amide bonds. The molecule has 1 heterocycles. The van der Waals surface area contributed by atoms with Crippen LogP contribution in [0.3, 0.4) is 0 Å². The van der Waals surface area contributed by atoms with E-state index in [0.717, 1.165) is 35.9 Å². The molecule has 0 radical (unpaired) electrons. The maximum atomic E-state index is 12.6. The van der Waals surface area contributed by atoms with Gasteiger partial charge in [-0.1, -0.05) is 42.5 Å². The van der Waals surface area contributed by atoms with Gasteiger partial charge in [0.15, 0.2) is 0 Å². The highest BCUT2D eigenvalue weighted by atomic mass is 16.1. The quantitative estimate of drug-likeness (QED) is 0.540. The topological polar surface area (TPSA) is 44.9 Å². The molecular weight excluding hydrogens is 320 g/mol. The van der Waals surface area contributed by atoms with Crippen LogP contribution in [0.15, 0.2) is 60.8 Å². The number of carbonyl (C=O) groups is 1. The highest BCUT2D eigenvalue weighted by Crippen LogP contribution is 2.35. The molecule has 1 aliphatic rings. The van der Waals surface area contributed by atoms with Gasteiger partial charge in [0.1, 0.15) is 0 Å². The Morgan fingerprint density at radius 2 is 1.73 bits per heavy atom. The molecule has 26 heavy (non-hydrogen) atoms. The molecule has 4 aromatic rings. The van der Waals surface area contributed by atoms with Gasteiger partial charge >= 0.3 is 0 Å². The molecule has 0 saturated heterocycles. The Morgan fingerprint density at radius 3 is 2.65 bits per heavy atom. The number of carbonyl (C=O) groups excluding carboxylic acids is 1. The summed E-state index contributed by atoms with van der Waals surface area (Å²) in [5.74, 6) is 0.0639. The third-order valence-corrected chi connectivity index (χ3v) is 5.45. The van der Waals surface area contributed by atoms with Crippen molar-refractivity contribution in [2.45, 2.75) is 25.7 Å². The number of anilines is 1. The van der Waals surface area contributed by atoms with Gasteiger partial charge in [0.05, 0.1) is 0 Å². The zero-order valence-electron chi connectivity index (χ0n) is 14.5. The average Bonchev–Trinajstić information content (AvgIpc) is 3.28. The number of aryl methyl sites for hydroxylation is 3. The van der Waals surface area contributed by atoms with Crippen molar-refractivity contribution < 1.29 is 4.79 Å². The number of hydrogen-bond donors (Lipinski definition) is 2. The van der Waals surface area contributed by atoms with Crippen LogP contribution >= 0.6 is 0 Å². The monoisotopic (exact) mass is 340 g/mol. The van der Waals surface area contributed by atoms with Crippen molar-refractivity contribution in [1.82, 2.24) is 4.98 Å². The lowest BCUT2D eigenvalue weighted by Crippen LogP contribution is -2.12. The molecule has 1 aromatic heterocycles. The summed E-state index contributed by atoms with van der Waals surface area (Å²) < 4.78 is 0. The summed E-state index contributed by atoms with van der Waals surface area (Å²) in [4.78, 5) is 15.8. The van der Waals surface area contributed by atoms with Crippen molar-refractivity contribution >= 4 is 33.3 Å². The van der Waals surface area contributed by atoms with Crippen molar-refractivity contribution in [2.75, 3.05) is 5.32 Å². The van der Waals surface area contributed by atoms with E-state index in [2.05, 4.69) is 52.8 Å². The van der Waals surface area contributed by atoms with Gasteiger partial charge in [-0.25, -0.2) is 0 Å². The number of H-pyrrole nitrogens is 1. The van der Waals surface area contributed by atoms with Crippen LogP contribution < -0.4 is 5.32 Å². The summed E-state index contributed by atoms with van der Waals surface area (Å²) in [7, 11) is 0. The third kappa shape index (κ3) is 2.48. The van der Waals surface area contributed by atoms with Crippen molar-refractivity contribution in [1.29, 1.82) is 0 Å². The second-order valence-corrected chi connectivity index (χ2v) is 7.02. The Hall–Kier alpha value is -3.07. The van der Waals surface area contributed by atoms with E-state index in [0.29, 0.717) is 6.42 Å². The number of benzene rings is 3. The summed E-state index contributed by atoms with van der Waals surface area (Å²) in [6.07, 6.45) is 5.42. The largest absolute Gasteiger partial charge is 0.361 e. The number of hydrogen-bond acceptors (Lipinski definition) is 1. The van der Waals surface area contributed by atoms with Crippen LogP contribution in [-0.2, 0) is 24.1 Å². The van der Waals surface area contributed by atoms with E-state index in [9.17, 15) is 4.79 Å². The van der Waals surface area contributed by atoms with Gasteiger partial charge in [-0.3, -0.25) is 4.79 Å². The minimum Gasteiger partial charge on any atom is -0.361 e. The first-order valence-electron chi connectivity index (χ1n) is 9.18. The molecule has 3 aromatic carbocycles. The van der Waals surface area contributed by atoms with E-state index in [1.54, 1.807) is 0 Å². The van der Waals surface area contributed by atoms with Crippen LogP contribution in [0.5, 0.6) is 0 Å².